The van der Waals surface area contributed by atoms with Crippen molar-refractivity contribution in [3.63, 3.8) is 0 Å². The Bertz CT molecular complexity index is 278. The molecular formula is C13H27O5P. The number of rotatable bonds is 12. The molecule has 1 heterocycles. The average molecular weight is 294 g/mol. The molecule has 1 N–H and O–H groups in total. The lowest BCUT2D eigenvalue weighted by molar-refractivity contribution is 0.138. The Morgan fingerprint density at radius 1 is 1.21 bits per heavy atom. The minimum atomic E-state index is -3.86. The van der Waals surface area contributed by atoms with E-state index >= 15 is 0 Å². The van der Waals surface area contributed by atoms with Crippen molar-refractivity contribution in [2.24, 2.45) is 5.92 Å². The van der Waals surface area contributed by atoms with Crippen molar-refractivity contribution in [3.05, 3.63) is 0 Å². The second kappa shape index (κ2) is 9.09. The van der Waals surface area contributed by atoms with Crippen LogP contribution in [0.15, 0.2) is 0 Å². The maximum atomic E-state index is 11.4. The molecule has 0 aromatic heterocycles. The third kappa shape index (κ3) is 10.5. The minimum Gasteiger partial charge on any atom is -0.371 e. The third-order valence-electron chi connectivity index (χ3n) is 3.01. The maximum absolute atomic E-state index is 11.4. The van der Waals surface area contributed by atoms with E-state index in [9.17, 15) is 9.46 Å². The van der Waals surface area contributed by atoms with Crippen molar-refractivity contribution < 1.29 is 23.2 Å². The van der Waals surface area contributed by atoms with Gasteiger partial charge in [0.2, 0.25) is 0 Å². The Hall–Kier alpha value is 0.0700. The van der Waals surface area contributed by atoms with Crippen molar-refractivity contribution in [2.75, 3.05) is 19.8 Å². The molecular weight excluding hydrogens is 267 g/mol. The molecule has 0 radical (unpaired) electrons. The van der Waals surface area contributed by atoms with Gasteiger partial charge in [-0.05, 0) is 12.3 Å². The van der Waals surface area contributed by atoms with E-state index in [1.165, 1.54) is 19.3 Å². The molecule has 1 aliphatic heterocycles. The van der Waals surface area contributed by atoms with Gasteiger partial charge in [0.05, 0.1) is 19.8 Å². The molecule has 2 unspecified atom stereocenters. The summed E-state index contributed by atoms with van der Waals surface area (Å²) >= 11 is 0. The monoisotopic (exact) mass is 294 g/mol. The molecule has 2 atom stereocenters. The minimum absolute atomic E-state index is 0.0231. The highest BCUT2D eigenvalue weighted by Crippen LogP contribution is 2.44. The molecule has 6 heteroatoms. The van der Waals surface area contributed by atoms with E-state index in [2.05, 4.69) is 13.8 Å². The van der Waals surface area contributed by atoms with E-state index in [-0.39, 0.29) is 19.3 Å². The Labute approximate surface area is 116 Å². The number of hydrogen-bond donors (Lipinski definition) is 1. The van der Waals surface area contributed by atoms with Gasteiger partial charge < -0.3 is 9.63 Å². The SMILES string of the molecule is CC(C)CCCCCCCOP(=O)(O)OCC1CO1. The van der Waals surface area contributed by atoms with E-state index in [0.717, 1.165) is 25.2 Å². The van der Waals surface area contributed by atoms with Crippen LogP contribution in [-0.2, 0) is 18.3 Å². The van der Waals surface area contributed by atoms with Crippen molar-refractivity contribution in [1.82, 2.24) is 0 Å². The van der Waals surface area contributed by atoms with E-state index in [1.807, 2.05) is 0 Å². The van der Waals surface area contributed by atoms with Crippen LogP contribution in [0.5, 0.6) is 0 Å². The summed E-state index contributed by atoms with van der Waals surface area (Å²) in [6, 6.07) is 0. The predicted octanol–water partition coefficient (Wildman–Crippen LogP) is 3.52. The fraction of sp³-hybridized carbons (Fsp3) is 1.00. The zero-order chi connectivity index (χ0) is 14.1. The number of hydrogen-bond acceptors (Lipinski definition) is 4. The first-order valence-corrected chi connectivity index (χ1v) is 8.72. The second-order valence-corrected chi connectivity index (χ2v) is 6.96. The molecule has 0 bridgehead atoms. The summed E-state index contributed by atoms with van der Waals surface area (Å²) in [5, 5.41) is 0. The number of phosphoric acid groups is 1. The van der Waals surface area contributed by atoms with Gasteiger partial charge in [-0.3, -0.25) is 9.05 Å². The van der Waals surface area contributed by atoms with E-state index < -0.39 is 7.82 Å². The van der Waals surface area contributed by atoms with Gasteiger partial charge in [0.25, 0.3) is 0 Å². The Morgan fingerprint density at radius 3 is 2.47 bits per heavy atom. The molecule has 0 spiro atoms. The summed E-state index contributed by atoms with van der Waals surface area (Å²) in [6.45, 7) is 5.50. The normalized spacial score (nSPS) is 21.6. The topological polar surface area (TPSA) is 68.3 Å². The van der Waals surface area contributed by atoms with Crippen LogP contribution in [0.25, 0.3) is 0 Å². The van der Waals surface area contributed by atoms with Crippen LogP contribution in [0.4, 0.5) is 0 Å². The van der Waals surface area contributed by atoms with Crippen molar-refractivity contribution in [3.8, 4) is 0 Å². The van der Waals surface area contributed by atoms with Crippen LogP contribution in [0.2, 0.25) is 0 Å². The average Bonchev–Trinajstić information content (AvgIpc) is 3.14. The fourth-order valence-electron chi connectivity index (χ4n) is 1.74. The first kappa shape index (κ1) is 17.1. The van der Waals surface area contributed by atoms with Gasteiger partial charge in [0.1, 0.15) is 6.10 Å². The molecule has 0 saturated carbocycles. The quantitative estimate of drug-likeness (QED) is 0.339. The lowest BCUT2D eigenvalue weighted by Gasteiger charge is -2.11. The highest BCUT2D eigenvalue weighted by atomic mass is 31.2. The molecule has 1 aliphatic rings. The van der Waals surface area contributed by atoms with Gasteiger partial charge in [0, 0.05) is 0 Å². The maximum Gasteiger partial charge on any atom is 0.472 e. The van der Waals surface area contributed by atoms with Crippen molar-refractivity contribution in [2.45, 2.75) is 58.5 Å². The van der Waals surface area contributed by atoms with Gasteiger partial charge in [0.15, 0.2) is 0 Å². The van der Waals surface area contributed by atoms with Crippen LogP contribution in [-0.4, -0.2) is 30.8 Å². The van der Waals surface area contributed by atoms with Crippen molar-refractivity contribution in [1.29, 1.82) is 0 Å². The molecule has 0 aromatic carbocycles. The van der Waals surface area contributed by atoms with Crippen molar-refractivity contribution >= 4 is 7.82 Å². The molecule has 0 aromatic rings. The molecule has 0 amide bonds. The lowest BCUT2D eigenvalue weighted by atomic mass is 10.0. The Kier molecular flexibility index (Phi) is 8.19. The van der Waals surface area contributed by atoms with Gasteiger partial charge in [-0.15, -0.1) is 0 Å². The van der Waals surface area contributed by atoms with Crippen LogP contribution in [0.1, 0.15) is 52.4 Å². The number of ether oxygens (including phenoxy) is 1. The van der Waals surface area contributed by atoms with Gasteiger partial charge >= 0.3 is 7.82 Å². The molecule has 0 aliphatic carbocycles. The number of epoxide rings is 1. The standard InChI is InChI=1S/C13H27O5P/c1-12(2)8-6-4-3-5-7-9-17-19(14,15)18-11-13-10-16-13/h12-13H,3-11H2,1-2H3,(H,14,15). The van der Waals surface area contributed by atoms with E-state index in [4.69, 9.17) is 13.8 Å². The van der Waals surface area contributed by atoms with Crippen LogP contribution in [0.3, 0.4) is 0 Å². The molecule has 1 fully saturated rings. The highest BCUT2D eigenvalue weighted by Gasteiger charge is 2.28. The lowest BCUT2D eigenvalue weighted by Crippen LogP contribution is -2.02. The summed E-state index contributed by atoms with van der Waals surface area (Å²) in [6.07, 6.45) is 6.73. The largest absolute Gasteiger partial charge is 0.472 e. The van der Waals surface area contributed by atoms with E-state index in [0.29, 0.717) is 6.61 Å². The molecule has 19 heavy (non-hydrogen) atoms. The predicted molar refractivity (Wildman–Crippen MR) is 74.0 cm³/mol. The van der Waals surface area contributed by atoms with Crippen LogP contribution < -0.4 is 0 Å². The van der Waals surface area contributed by atoms with Crippen LogP contribution >= 0.6 is 7.82 Å². The Morgan fingerprint density at radius 2 is 1.84 bits per heavy atom. The van der Waals surface area contributed by atoms with E-state index in [1.54, 1.807) is 0 Å². The third-order valence-corrected chi connectivity index (χ3v) is 3.99. The highest BCUT2D eigenvalue weighted by molar-refractivity contribution is 7.47. The summed E-state index contributed by atoms with van der Waals surface area (Å²) in [7, 11) is -3.86. The van der Waals surface area contributed by atoms with Gasteiger partial charge in [-0.1, -0.05) is 46.0 Å². The fourth-order valence-corrected chi connectivity index (χ4v) is 2.53. The summed E-state index contributed by atoms with van der Waals surface area (Å²) in [5.41, 5.74) is 0. The van der Waals surface area contributed by atoms with Crippen LogP contribution in [0, 0.1) is 5.92 Å². The first-order valence-electron chi connectivity index (χ1n) is 7.23. The summed E-state index contributed by atoms with van der Waals surface area (Å²) < 4.78 is 26.0. The van der Waals surface area contributed by atoms with Gasteiger partial charge in [-0.25, -0.2) is 4.57 Å². The Balaban J connectivity index is 1.87. The number of unbranched alkanes of at least 4 members (excludes halogenated alkanes) is 4. The smallest absolute Gasteiger partial charge is 0.371 e. The summed E-state index contributed by atoms with van der Waals surface area (Å²) in [4.78, 5) is 9.35. The molecule has 5 nitrogen and oxygen atoms in total. The molecule has 1 saturated heterocycles. The molecule has 1 rings (SSSR count). The first-order chi connectivity index (χ1) is 8.99. The number of phosphoric ester groups is 1. The van der Waals surface area contributed by atoms with Gasteiger partial charge in [-0.2, -0.15) is 0 Å². The second-order valence-electron chi connectivity index (χ2n) is 5.50. The summed E-state index contributed by atoms with van der Waals surface area (Å²) in [5.74, 6) is 0.774. The zero-order valence-electron chi connectivity index (χ0n) is 12.0. The molecule has 114 valence electrons. The zero-order valence-corrected chi connectivity index (χ0v) is 12.9.